The van der Waals surface area contributed by atoms with E-state index in [9.17, 15) is 56.8 Å². The van der Waals surface area contributed by atoms with Crippen LogP contribution in [0.25, 0.3) is 0 Å². The van der Waals surface area contributed by atoms with E-state index in [0.29, 0.717) is 51.4 Å². The Bertz CT molecular complexity index is 1290. The minimum Gasteiger partial charge on any atom is -0.302 e. The Kier molecular flexibility index (Phi) is 29.7. The highest BCUT2D eigenvalue weighted by molar-refractivity contribution is 7.48. The third-order valence-corrected chi connectivity index (χ3v) is 14.3. The molecule has 0 radical (unpaired) electrons. The lowest BCUT2D eigenvalue weighted by Gasteiger charge is -2.25. The van der Waals surface area contributed by atoms with Crippen molar-refractivity contribution >= 4 is 46.9 Å². The van der Waals surface area contributed by atoms with Crippen molar-refractivity contribution in [3.8, 4) is 0 Å². The summed E-state index contributed by atoms with van der Waals surface area (Å²) < 4.78 is 136. The molecule has 6 N–H and O–H groups in total. The van der Waals surface area contributed by atoms with Crippen LogP contribution < -0.4 is 0 Å². The maximum atomic E-state index is 13.0. The lowest BCUT2D eigenvalue weighted by Crippen LogP contribution is -2.26. The van der Waals surface area contributed by atoms with Crippen LogP contribution in [0.1, 0.15) is 114 Å². The van der Waals surface area contributed by atoms with E-state index in [2.05, 4.69) is 0 Å². The zero-order valence-corrected chi connectivity index (χ0v) is 41.0. The van der Waals surface area contributed by atoms with Crippen molar-refractivity contribution in [3.63, 3.8) is 0 Å². The molecular weight excluding hydrogens is 930 g/mol. The van der Waals surface area contributed by atoms with Crippen molar-refractivity contribution in [1.82, 2.24) is 0 Å². The van der Waals surface area contributed by atoms with Crippen LogP contribution in [0.5, 0.6) is 0 Å². The van der Waals surface area contributed by atoms with E-state index in [1.54, 1.807) is 55.4 Å². The van der Waals surface area contributed by atoms with Gasteiger partial charge in [-0.3, -0.25) is 54.3 Å². The van der Waals surface area contributed by atoms with E-state index in [1.807, 2.05) is 0 Å². The van der Waals surface area contributed by atoms with E-state index in [-0.39, 0.29) is 0 Å². The normalized spacial score (nSPS) is 20.2. The van der Waals surface area contributed by atoms with Crippen molar-refractivity contribution in [2.75, 3.05) is 39.6 Å². The molecule has 362 valence electrons. The molecule has 6 unspecified atom stereocenters. The quantitative estimate of drug-likeness (QED) is 0.0320. The Labute approximate surface area is 353 Å². The molecule has 0 aromatic rings. The maximum Gasteiger partial charge on any atom is 0.472 e. The molecule has 0 heterocycles. The second kappa shape index (κ2) is 29.3. The fraction of sp³-hybridized carbons (Fsp3) is 1.00. The summed E-state index contributed by atoms with van der Waals surface area (Å²) in [4.78, 5) is 61.6. The Balaban J connectivity index is 5.80. The lowest BCUT2D eigenvalue weighted by molar-refractivity contribution is 0.00292. The molecule has 0 aromatic carbocycles. The van der Waals surface area contributed by atoms with E-state index >= 15 is 0 Å². The highest BCUT2D eigenvalue weighted by atomic mass is 31.2. The summed E-state index contributed by atoms with van der Waals surface area (Å²) in [7, 11) is -29.5. The Morgan fingerprint density at radius 3 is 0.617 bits per heavy atom. The molecule has 0 amide bonds. The molecule has 6 atom stereocenters. The van der Waals surface area contributed by atoms with Crippen LogP contribution in [0.3, 0.4) is 0 Å². The predicted molar refractivity (Wildman–Crippen MR) is 215 cm³/mol. The Hall–Kier alpha value is 0.660. The van der Waals surface area contributed by atoms with Gasteiger partial charge < -0.3 is 29.4 Å². The average molecular weight is 999 g/mol. The third kappa shape index (κ3) is 28.5. The highest BCUT2D eigenvalue weighted by Crippen LogP contribution is 2.53. The van der Waals surface area contributed by atoms with Gasteiger partial charge >= 0.3 is 46.9 Å². The first-order valence-corrected chi connectivity index (χ1v) is 28.6. The molecule has 30 heteroatoms. The van der Waals surface area contributed by atoms with Crippen LogP contribution in [0.4, 0.5) is 0 Å². The van der Waals surface area contributed by atoms with Gasteiger partial charge in [-0.15, -0.1) is 0 Å². The summed E-state index contributed by atoms with van der Waals surface area (Å²) >= 11 is 0. The maximum absolute atomic E-state index is 13.0. The smallest absolute Gasteiger partial charge is 0.302 e. The van der Waals surface area contributed by atoms with Crippen molar-refractivity contribution in [3.05, 3.63) is 0 Å². The topological polar surface area (TPSA) is 335 Å². The summed E-state index contributed by atoms with van der Waals surface area (Å²) in [5.74, 6) is -0.996. The number of hydrogen-bond donors (Lipinski definition) is 6. The molecule has 24 nitrogen and oxygen atoms in total. The van der Waals surface area contributed by atoms with Gasteiger partial charge in [0.1, 0.15) is 12.2 Å². The van der Waals surface area contributed by atoms with Crippen molar-refractivity contribution in [2.45, 2.75) is 150 Å². The van der Waals surface area contributed by atoms with Crippen molar-refractivity contribution in [2.24, 2.45) is 5.92 Å². The zero-order chi connectivity index (χ0) is 46.4. The molecule has 0 aliphatic carbocycles. The second-order valence-electron chi connectivity index (χ2n) is 13.3. The molecule has 0 fully saturated rings. The average Bonchev–Trinajstić information content (AvgIpc) is 3.17. The third-order valence-electron chi connectivity index (χ3n) is 8.08. The predicted octanol–water partition coefficient (Wildman–Crippen LogP) is 7.92. The van der Waals surface area contributed by atoms with Crippen molar-refractivity contribution in [1.29, 1.82) is 0 Å². The fourth-order valence-corrected chi connectivity index (χ4v) is 10.8. The van der Waals surface area contributed by atoms with E-state index in [0.717, 1.165) is 0 Å². The number of phosphoric acid groups is 6. The van der Waals surface area contributed by atoms with Crippen LogP contribution in [0.2, 0.25) is 0 Å². The van der Waals surface area contributed by atoms with E-state index in [4.69, 9.17) is 54.3 Å². The fourth-order valence-electron chi connectivity index (χ4n) is 4.48. The van der Waals surface area contributed by atoms with Gasteiger partial charge in [-0.25, -0.2) is 27.4 Å². The van der Waals surface area contributed by atoms with Crippen LogP contribution >= 0.6 is 46.9 Å². The summed E-state index contributed by atoms with van der Waals surface area (Å²) in [5.41, 5.74) is 0. The summed E-state index contributed by atoms with van der Waals surface area (Å²) in [6, 6.07) is 0. The molecular formula is C30H68O24P6. The monoisotopic (exact) mass is 998 g/mol. The molecule has 0 aliphatic rings. The summed E-state index contributed by atoms with van der Waals surface area (Å²) in [5, 5.41) is 0. The van der Waals surface area contributed by atoms with Gasteiger partial charge in [-0.05, 0) is 51.4 Å². The van der Waals surface area contributed by atoms with Gasteiger partial charge in [-0.1, -0.05) is 62.3 Å². The van der Waals surface area contributed by atoms with Crippen LogP contribution in [-0.2, 0) is 81.7 Å². The van der Waals surface area contributed by atoms with Gasteiger partial charge in [-0.2, -0.15) is 0 Å². The molecule has 0 saturated heterocycles. The summed E-state index contributed by atoms with van der Waals surface area (Å²) in [6.07, 6.45) is -3.56. The van der Waals surface area contributed by atoms with Gasteiger partial charge in [0.2, 0.25) is 0 Å². The molecule has 0 rings (SSSR count). The van der Waals surface area contributed by atoms with Crippen LogP contribution in [0.15, 0.2) is 0 Å². The first kappa shape index (κ1) is 60.7. The van der Waals surface area contributed by atoms with Crippen molar-refractivity contribution < 1.29 is 111 Å². The lowest BCUT2D eigenvalue weighted by atomic mass is 10.2. The molecule has 0 saturated carbocycles. The minimum atomic E-state index is -5.17. The van der Waals surface area contributed by atoms with E-state index < -0.39 is 129 Å². The molecule has 60 heavy (non-hydrogen) atoms. The summed E-state index contributed by atoms with van der Waals surface area (Å²) in [6.45, 7) is 9.55. The van der Waals surface area contributed by atoms with Crippen LogP contribution in [-0.4, -0.2) is 106 Å². The SMILES string of the molecule is CCC(CC)OP(=O)(O)OCC(COP(=O)(O)OC(CC)CC)OP(=O)(O)OCC(C)COP(=O)(O)OC(COP(=O)(O)OC(CC)CC)COP(=O)(O)OC(CC)CC. The van der Waals surface area contributed by atoms with Gasteiger partial charge in [0, 0.05) is 5.92 Å². The standard InChI is InChI=1S/C30H68O24P6/c1-10-25(11-2)49-57(35,36)45-20-29(21-46-58(37,38)50-26(12-3)13-4)53-55(31,32)43-18-24(9)19-44-56(33,34)54-30(22-47-59(39,40)51-27(14-5)15-6)23-48-60(41,42)52-28(16-7)17-8/h24-30H,10-23H2,1-9H3,(H,31,32)(H,33,34)(H,35,36)(H,37,38)(H,39,40)(H,41,42). The first-order valence-electron chi connectivity index (χ1n) is 19.6. The van der Waals surface area contributed by atoms with Gasteiger partial charge in [0.25, 0.3) is 0 Å². The van der Waals surface area contributed by atoms with Crippen LogP contribution in [0, 0.1) is 5.92 Å². The minimum absolute atomic E-state index is 0.346. The van der Waals surface area contributed by atoms with Gasteiger partial charge in [0.15, 0.2) is 0 Å². The largest absolute Gasteiger partial charge is 0.472 e. The van der Waals surface area contributed by atoms with Gasteiger partial charge in [0.05, 0.1) is 64.1 Å². The molecule has 0 bridgehead atoms. The number of rotatable bonds is 38. The number of phosphoric ester groups is 6. The Morgan fingerprint density at radius 1 is 0.300 bits per heavy atom. The molecule has 0 spiro atoms. The second-order valence-corrected chi connectivity index (χ2v) is 21.8. The zero-order valence-electron chi connectivity index (χ0n) is 35.7. The first-order chi connectivity index (χ1) is 27.6. The number of hydrogen-bond acceptors (Lipinski definition) is 18. The molecule has 0 aromatic heterocycles. The molecule has 0 aliphatic heterocycles. The Morgan fingerprint density at radius 2 is 0.450 bits per heavy atom. The highest BCUT2D eigenvalue weighted by Gasteiger charge is 2.37. The van der Waals surface area contributed by atoms with E-state index in [1.165, 1.54) is 6.92 Å².